The molecule has 1 N–H and O–H groups in total. The first-order valence-corrected chi connectivity index (χ1v) is 8.89. The average molecular weight is 344 g/mol. The van der Waals surface area contributed by atoms with Crippen molar-refractivity contribution in [2.45, 2.75) is 25.9 Å². The highest BCUT2D eigenvalue weighted by Gasteiger charge is 2.31. The van der Waals surface area contributed by atoms with Crippen LogP contribution in [0.2, 0.25) is 0 Å². The molecule has 0 fully saturated rings. The number of hydrogen-bond donors (Lipinski definition) is 1. The third kappa shape index (κ3) is 3.76. The van der Waals surface area contributed by atoms with E-state index in [1.165, 1.54) is 4.88 Å². The molecule has 5 nitrogen and oxygen atoms in total. The standard InChI is InChI=1S/C18H20N2O3S/c1-13-18(22)20(15-6-2-3-7-16(15)23-13)11-9-17(21)19-10-8-14-5-4-12-24-14/h2-7,12-13H,8-11H2,1H3,(H,19,21). The first-order chi connectivity index (χ1) is 11.6. The van der Waals surface area contributed by atoms with E-state index in [0.29, 0.717) is 18.8 Å². The third-order valence-electron chi connectivity index (χ3n) is 3.91. The molecule has 6 heteroatoms. The van der Waals surface area contributed by atoms with E-state index < -0.39 is 6.10 Å². The van der Waals surface area contributed by atoms with Gasteiger partial charge in [0.05, 0.1) is 5.69 Å². The number of carbonyl (C=O) groups is 2. The first kappa shape index (κ1) is 16.5. The number of rotatable bonds is 6. The van der Waals surface area contributed by atoms with E-state index in [2.05, 4.69) is 11.4 Å². The summed E-state index contributed by atoms with van der Waals surface area (Å²) < 4.78 is 5.60. The predicted octanol–water partition coefficient (Wildman–Crippen LogP) is 2.61. The Hall–Kier alpha value is -2.34. The van der Waals surface area contributed by atoms with Crippen molar-refractivity contribution in [2.24, 2.45) is 0 Å². The van der Waals surface area contributed by atoms with Gasteiger partial charge in [0, 0.05) is 24.4 Å². The van der Waals surface area contributed by atoms with Gasteiger partial charge >= 0.3 is 0 Å². The smallest absolute Gasteiger partial charge is 0.267 e. The minimum Gasteiger partial charge on any atom is -0.479 e. The summed E-state index contributed by atoms with van der Waals surface area (Å²) in [6, 6.07) is 11.5. The summed E-state index contributed by atoms with van der Waals surface area (Å²) >= 11 is 1.69. The topological polar surface area (TPSA) is 58.6 Å². The minimum atomic E-state index is -0.526. The molecule has 0 spiro atoms. The molecule has 3 rings (SSSR count). The summed E-state index contributed by atoms with van der Waals surface area (Å²) in [6.07, 6.45) is 0.582. The van der Waals surface area contributed by atoms with Gasteiger partial charge < -0.3 is 15.0 Å². The van der Waals surface area contributed by atoms with Crippen LogP contribution in [0, 0.1) is 0 Å². The van der Waals surface area contributed by atoms with Crippen LogP contribution >= 0.6 is 11.3 Å². The van der Waals surface area contributed by atoms with Crippen LogP contribution in [-0.2, 0) is 16.0 Å². The molecule has 1 aromatic heterocycles. The molecule has 24 heavy (non-hydrogen) atoms. The second kappa shape index (κ2) is 7.49. The van der Waals surface area contributed by atoms with Crippen molar-refractivity contribution >= 4 is 28.8 Å². The average Bonchev–Trinajstić information content (AvgIpc) is 3.09. The maximum absolute atomic E-state index is 12.3. The van der Waals surface area contributed by atoms with Crippen LogP contribution in [0.5, 0.6) is 5.75 Å². The van der Waals surface area contributed by atoms with Gasteiger partial charge in [0.1, 0.15) is 5.75 Å². The Bertz CT molecular complexity index is 715. The molecule has 1 aliphatic rings. The molecule has 0 bridgehead atoms. The van der Waals surface area contributed by atoms with Crippen LogP contribution in [0.3, 0.4) is 0 Å². The molecular weight excluding hydrogens is 324 g/mol. The van der Waals surface area contributed by atoms with Gasteiger partial charge in [-0.2, -0.15) is 0 Å². The number of benzene rings is 1. The number of ether oxygens (including phenoxy) is 1. The van der Waals surface area contributed by atoms with Gasteiger partial charge in [0.2, 0.25) is 5.91 Å². The zero-order chi connectivity index (χ0) is 16.9. The van der Waals surface area contributed by atoms with Crippen LogP contribution in [0.15, 0.2) is 41.8 Å². The number of carbonyl (C=O) groups excluding carboxylic acids is 2. The molecule has 0 saturated heterocycles. The predicted molar refractivity (Wildman–Crippen MR) is 94.5 cm³/mol. The number of para-hydroxylation sites is 2. The lowest BCUT2D eigenvalue weighted by Crippen LogP contribution is -2.45. The van der Waals surface area contributed by atoms with Crippen LogP contribution in [0.4, 0.5) is 5.69 Å². The maximum Gasteiger partial charge on any atom is 0.267 e. The van der Waals surface area contributed by atoms with Gasteiger partial charge in [-0.05, 0) is 36.9 Å². The Morgan fingerprint density at radius 2 is 2.12 bits per heavy atom. The summed E-state index contributed by atoms with van der Waals surface area (Å²) in [7, 11) is 0. The van der Waals surface area contributed by atoms with Gasteiger partial charge in [-0.1, -0.05) is 18.2 Å². The van der Waals surface area contributed by atoms with E-state index >= 15 is 0 Å². The van der Waals surface area contributed by atoms with E-state index in [0.717, 1.165) is 12.1 Å². The number of anilines is 1. The number of hydrogen-bond acceptors (Lipinski definition) is 4. The molecule has 1 aliphatic heterocycles. The lowest BCUT2D eigenvalue weighted by molar-refractivity contribution is -0.125. The maximum atomic E-state index is 12.3. The number of nitrogens with one attached hydrogen (secondary N) is 1. The fourth-order valence-electron chi connectivity index (χ4n) is 2.67. The van der Waals surface area contributed by atoms with E-state index in [9.17, 15) is 9.59 Å². The molecule has 0 aliphatic carbocycles. The molecule has 0 radical (unpaired) electrons. The molecule has 1 atom stereocenters. The van der Waals surface area contributed by atoms with Crippen LogP contribution < -0.4 is 15.0 Å². The van der Waals surface area contributed by atoms with Gasteiger partial charge in [-0.25, -0.2) is 0 Å². The Morgan fingerprint density at radius 1 is 1.29 bits per heavy atom. The number of amides is 2. The fourth-order valence-corrected chi connectivity index (χ4v) is 3.38. The van der Waals surface area contributed by atoms with Crippen LogP contribution in [-0.4, -0.2) is 31.0 Å². The molecule has 126 valence electrons. The molecule has 2 heterocycles. The molecule has 2 aromatic rings. The van der Waals surface area contributed by atoms with E-state index in [-0.39, 0.29) is 18.2 Å². The van der Waals surface area contributed by atoms with Gasteiger partial charge in [-0.15, -0.1) is 11.3 Å². The monoisotopic (exact) mass is 344 g/mol. The van der Waals surface area contributed by atoms with Gasteiger partial charge in [0.15, 0.2) is 6.10 Å². The SMILES string of the molecule is CC1Oc2ccccc2N(CCC(=O)NCCc2cccs2)C1=O. The van der Waals surface area contributed by atoms with Gasteiger partial charge in [0.25, 0.3) is 5.91 Å². The molecule has 1 aromatic carbocycles. The highest BCUT2D eigenvalue weighted by atomic mass is 32.1. The summed E-state index contributed by atoms with van der Waals surface area (Å²) in [4.78, 5) is 27.3. The summed E-state index contributed by atoms with van der Waals surface area (Å²) in [5.41, 5.74) is 0.729. The zero-order valence-corrected chi connectivity index (χ0v) is 14.3. The number of nitrogens with zero attached hydrogens (tertiary/aromatic N) is 1. The summed E-state index contributed by atoms with van der Waals surface area (Å²) in [6.45, 7) is 2.70. The lowest BCUT2D eigenvalue weighted by atomic mass is 10.1. The van der Waals surface area contributed by atoms with Crippen molar-refractivity contribution < 1.29 is 14.3 Å². The Balaban J connectivity index is 1.53. The molecule has 0 saturated carbocycles. The van der Waals surface area contributed by atoms with Crippen molar-refractivity contribution in [3.05, 3.63) is 46.7 Å². The van der Waals surface area contributed by atoms with Crippen molar-refractivity contribution in [3.63, 3.8) is 0 Å². The second-order valence-electron chi connectivity index (χ2n) is 5.65. The number of thiophene rings is 1. The third-order valence-corrected chi connectivity index (χ3v) is 4.85. The van der Waals surface area contributed by atoms with Crippen LogP contribution in [0.1, 0.15) is 18.2 Å². The fraction of sp³-hybridized carbons (Fsp3) is 0.333. The zero-order valence-electron chi connectivity index (χ0n) is 13.5. The number of fused-ring (bicyclic) bond motifs is 1. The quantitative estimate of drug-likeness (QED) is 0.876. The van der Waals surface area contributed by atoms with E-state index in [1.807, 2.05) is 35.7 Å². The highest BCUT2D eigenvalue weighted by Crippen LogP contribution is 2.33. The van der Waals surface area contributed by atoms with Crippen molar-refractivity contribution in [2.75, 3.05) is 18.0 Å². The lowest BCUT2D eigenvalue weighted by Gasteiger charge is -2.32. The van der Waals surface area contributed by atoms with Crippen molar-refractivity contribution in [3.8, 4) is 5.75 Å². The van der Waals surface area contributed by atoms with E-state index in [1.54, 1.807) is 23.2 Å². The normalized spacial score (nSPS) is 16.5. The Morgan fingerprint density at radius 3 is 2.92 bits per heavy atom. The highest BCUT2D eigenvalue weighted by molar-refractivity contribution is 7.09. The minimum absolute atomic E-state index is 0.0454. The Labute approximate surface area is 145 Å². The second-order valence-corrected chi connectivity index (χ2v) is 6.68. The van der Waals surface area contributed by atoms with Crippen molar-refractivity contribution in [1.82, 2.24) is 5.32 Å². The molecule has 2 amide bonds. The van der Waals surface area contributed by atoms with Crippen molar-refractivity contribution in [1.29, 1.82) is 0 Å². The Kier molecular flexibility index (Phi) is 5.15. The van der Waals surface area contributed by atoms with Gasteiger partial charge in [-0.3, -0.25) is 9.59 Å². The summed E-state index contributed by atoms with van der Waals surface area (Å²) in [5.74, 6) is 0.527. The largest absolute Gasteiger partial charge is 0.479 e. The van der Waals surface area contributed by atoms with Crippen LogP contribution in [0.25, 0.3) is 0 Å². The summed E-state index contributed by atoms with van der Waals surface area (Å²) in [5, 5.41) is 4.94. The van der Waals surface area contributed by atoms with E-state index in [4.69, 9.17) is 4.74 Å². The molecular formula is C18H20N2O3S. The molecule has 1 unspecified atom stereocenters. The first-order valence-electron chi connectivity index (χ1n) is 8.01.